The van der Waals surface area contributed by atoms with Crippen LogP contribution in [0.3, 0.4) is 0 Å². The van der Waals surface area contributed by atoms with E-state index in [1.54, 1.807) is 34.9 Å². The van der Waals surface area contributed by atoms with Crippen LogP contribution >= 0.6 is 0 Å². The standard InChI is InChI=1S/C21H28N4O3S/c1-17(2)14-25-15-21(8-12-24(13-9-21)20-22-10-5-11-23-20)16-28-18-6-3-4-7-19(18)29(25,26)27/h3-7,10-11,17H,8-9,12-16H2,1-2H3. The minimum absolute atomic E-state index is 0.221. The molecule has 0 unspecified atom stereocenters. The van der Waals surface area contributed by atoms with E-state index in [-0.39, 0.29) is 16.2 Å². The highest BCUT2D eigenvalue weighted by Gasteiger charge is 2.43. The van der Waals surface area contributed by atoms with Gasteiger partial charge in [0.25, 0.3) is 0 Å². The fraction of sp³-hybridized carbons (Fsp3) is 0.524. The molecule has 4 rings (SSSR count). The van der Waals surface area contributed by atoms with Crippen molar-refractivity contribution in [3.05, 3.63) is 42.7 Å². The Balaban J connectivity index is 1.63. The number of para-hydroxylation sites is 1. The molecule has 8 heteroatoms. The van der Waals surface area contributed by atoms with Gasteiger partial charge < -0.3 is 9.64 Å². The van der Waals surface area contributed by atoms with Crippen molar-refractivity contribution in [3.63, 3.8) is 0 Å². The number of benzene rings is 1. The zero-order valence-electron chi connectivity index (χ0n) is 17.0. The molecule has 2 aromatic rings. The fourth-order valence-electron chi connectivity index (χ4n) is 4.17. The third-order valence-corrected chi connectivity index (χ3v) is 7.59. The normalized spacial score (nSPS) is 21.3. The summed E-state index contributed by atoms with van der Waals surface area (Å²) in [6, 6.07) is 8.79. The molecule has 1 aromatic carbocycles. The van der Waals surface area contributed by atoms with Crippen LogP contribution in [0.1, 0.15) is 26.7 Å². The van der Waals surface area contributed by atoms with Gasteiger partial charge in [0.05, 0.1) is 6.61 Å². The average molecular weight is 417 g/mol. The van der Waals surface area contributed by atoms with Crippen molar-refractivity contribution in [1.82, 2.24) is 14.3 Å². The predicted octanol–water partition coefficient (Wildman–Crippen LogP) is 2.80. The third kappa shape index (κ3) is 4.09. The average Bonchev–Trinajstić information content (AvgIpc) is 2.72. The van der Waals surface area contributed by atoms with Crippen LogP contribution in [-0.4, -0.2) is 55.5 Å². The number of aromatic nitrogens is 2. The maximum absolute atomic E-state index is 13.4. The van der Waals surface area contributed by atoms with Crippen molar-refractivity contribution >= 4 is 16.0 Å². The molecule has 2 aliphatic heterocycles. The van der Waals surface area contributed by atoms with Crippen molar-refractivity contribution in [1.29, 1.82) is 0 Å². The van der Waals surface area contributed by atoms with Crippen molar-refractivity contribution in [2.75, 3.05) is 37.7 Å². The van der Waals surface area contributed by atoms with Gasteiger partial charge in [-0.25, -0.2) is 18.4 Å². The monoisotopic (exact) mass is 416 g/mol. The van der Waals surface area contributed by atoms with E-state index in [0.29, 0.717) is 25.4 Å². The van der Waals surface area contributed by atoms with E-state index in [4.69, 9.17) is 4.74 Å². The molecular formula is C21H28N4O3S. The van der Waals surface area contributed by atoms with Crippen LogP contribution in [0, 0.1) is 11.3 Å². The highest BCUT2D eigenvalue weighted by Crippen LogP contribution is 2.39. The minimum Gasteiger partial charge on any atom is -0.492 e. The molecule has 0 bridgehead atoms. The molecule has 1 spiro atoms. The molecule has 0 amide bonds. The van der Waals surface area contributed by atoms with Gasteiger partial charge in [-0.1, -0.05) is 26.0 Å². The topological polar surface area (TPSA) is 75.6 Å². The van der Waals surface area contributed by atoms with Gasteiger partial charge in [-0.05, 0) is 37.0 Å². The van der Waals surface area contributed by atoms with Crippen LogP contribution in [-0.2, 0) is 10.0 Å². The van der Waals surface area contributed by atoms with E-state index in [0.717, 1.165) is 31.9 Å². The Morgan fingerprint density at radius 1 is 1.10 bits per heavy atom. The van der Waals surface area contributed by atoms with Gasteiger partial charge in [0.15, 0.2) is 0 Å². The molecule has 0 saturated carbocycles. The molecule has 3 heterocycles. The Morgan fingerprint density at radius 2 is 1.79 bits per heavy atom. The predicted molar refractivity (Wildman–Crippen MR) is 111 cm³/mol. The van der Waals surface area contributed by atoms with Gasteiger partial charge in [-0.2, -0.15) is 4.31 Å². The number of hydrogen-bond donors (Lipinski definition) is 0. The van der Waals surface area contributed by atoms with E-state index < -0.39 is 10.0 Å². The van der Waals surface area contributed by atoms with E-state index in [2.05, 4.69) is 28.7 Å². The van der Waals surface area contributed by atoms with Crippen molar-refractivity contribution in [2.24, 2.45) is 11.3 Å². The second kappa shape index (κ2) is 7.91. The zero-order valence-corrected chi connectivity index (χ0v) is 17.8. The summed E-state index contributed by atoms with van der Waals surface area (Å²) in [7, 11) is -3.61. The Hall–Kier alpha value is -2.19. The van der Waals surface area contributed by atoms with E-state index >= 15 is 0 Å². The van der Waals surface area contributed by atoms with Crippen LogP contribution in [0.2, 0.25) is 0 Å². The zero-order chi connectivity index (χ0) is 20.5. The van der Waals surface area contributed by atoms with E-state index in [1.165, 1.54) is 0 Å². The summed E-state index contributed by atoms with van der Waals surface area (Å²) in [6.07, 6.45) is 5.16. The summed E-state index contributed by atoms with van der Waals surface area (Å²) in [5.74, 6) is 1.42. The SMILES string of the molecule is CC(C)CN1CC2(CCN(c3ncccn3)CC2)COc2ccccc2S1(=O)=O. The minimum atomic E-state index is -3.61. The molecule has 0 N–H and O–H groups in total. The molecule has 1 aromatic heterocycles. The van der Waals surface area contributed by atoms with Crippen molar-refractivity contribution in [2.45, 2.75) is 31.6 Å². The highest BCUT2D eigenvalue weighted by molar-refractivity contribution is 7.89. The smallest absolute Gasteiger partial charge is 0.246 e. The van der Waals surface area contributed by atoms with Crippen molar-refractivity contribution < 1.29 is 13.2 Å². The Labute approximate surface area is 172 Å². The number of sulfonamides is 1. The summed E-state index contributed by atoms with van der Waals surface area (Å²) in [4.78, 5) is 11.1. The van der Waals surface area contributed by atoms with Crippen LogP contribution in [0.15, 0.2) is 47.6 Å². The second-order valence-corrected chi connectivity index (χ2v) is 10.4. The number of fused-ring (bicyclic) bond motifs is 1. The first-order valence-electron chi connectivity index (χ1n) is 10.1. The lowest BCUT2D eigenvalue weighted by Crippen LogP contribution is -2.52. The van der Waals surface area contributed by atoms with Gasteiger partial charge in [0, 0.05) is 44.0 Å². The Kier molecular flexibility index (Phi) is 5.48. The molecule has 0 aliphatic carbocycles. The maximum Gasteiger partial charge on any atom is 0.246 e. The van der Waals surface area contributed by atoms with Gasteiger partial charge in [0.1, 0.15) is 10.6 Å². The molecule has 156 valence electrons. The molecular weight excluding hydrogens is 388 g/mol. The van der Waals surface area contributed by atoms with Crippen LogP contribution in [0.5, 0.6) is 5.75 Å². The first-order valence-corrected chi connectivity index (χ1v) is 11.6. The number of rotatable bonds is 3. The second-order valence-electron chi connectivity index (χ2n) is 8.46. The summed E-state index contributed by atoms with van der Waals surface area (Å²) in [5.41, 5.74) is -0.221. The van der Waals surface area contributed by atoms with Crippen molar-refractivity contribution in [3.8, 4) is 5.75 Å². The number of piperidine rings is 1. The van der Waals surface area contributed by atoms with E-state index in [1.807, 2.05) is 12.1 Å². The molecule has 1 saturated heterocycles. The highest BCUT2D eigenvalue weighted by atomic mass is 32.2. The summed E-state index contributed by atoms with van der Waals surface area (Å²) >= 11 is 0. The largest absolute Gasteiger partial charge is 0.492 e. The van der Waals surface area contributed by atoms with Crippen LogP contribution < -0.4 is 9.64 Å². The molecule has 0 atom stereocenters. The summed E-state index contributed by atoms with van der Waals surface area (Å²) in [5, 5.41) is 0. The Morgan fingerprint density at radius 3 is 2.48 bits per heavy atom. The number of ether oxygens (including phenoxy) is 1. The first-order chi connectivity index (χ1) is 13.9. The quantitative estimate of drug-likeness (QED) is 0.766. The molecule has 7 nitrogen and oxygen atoms in total. The van der Waals surface area contributed by atoms with Gasteiger partial charge >= 0.3 is 0 Å². The van der Waals surface area contributed by atoms with Gasteiger partial charge in [0.2, 0.25) is 16.0 Å². The van der Waals surface area contributed by atoms with Crippen LogP contribution in [0.4, 0.5) is 5.95 Å². The number of nitrogens with zero attached hydrogens (tertiary/aromatic N) is 4. The lowest BCUT2D eigenvalue weighted by molar-refractivity contribution is 0.0791. The molecule has 0 radical (unpaired) electrons. The van der Waals surface area contributed by atoms with Gasteiger partial charge in [-0.15, -0.1) is 0 Å². The van der Waals surface area contributed by atoms with Crippen LogP contribution in [0.25, 0.3) is 0 Å². The number of anilines is 1. The molecule has 29 heavy (non-hydrogen) atoms. The first kappa shape index (κ1) is 20.1. The molecule has 2 aliphatic rings. The maximum atomic E-state index is 13.4. The third-order valence-electron chi connectivity index (χ3n) is 5.74. The Bertz CT molecular complexity index is 941. The summed E-state index contributed by atoms with van der Waals surface area (Å²) < 4.78 is 34.6. The lowest BCUT2D eigenvalue weighted by atomic mass is 9.78. The summed E-state index contributed by atoms with van der Waals surface area (Å²) in [6.45, 7) is 7.17. The van der Waals surface area contributed by atoms with E-state index in [9.17, 15) is 8.42 Å². The lowest BCUT2D eigenvalue weighted by Gasteiger charge is -2.45. The fourth-order valence-corrected chi connectivity index (χ4v) is 6.01. The number of hydrogen-bond acceptors (Lipinski definition) is 6. The van der Waals surface area contributed by atoms with Gasteiger partial charge in [-0.3, -0.25) is 0 Å². The molecule has 1 fully saturated rings.